The maximum absolute atomic E-state index is 4.24. The predicted molar refractivity (Wildman–Crippen MR) is 69.9 cm³/mol. The van der Waals surface area contributed by atoms with E-state index in [1.165, 1.54) is 11.1 Å². The molecule has 0 aliphatic carbocycles. The maximum atomic E-state index is 4.24. The van der Waals surface area contributed by atoms with Crippen molar-refractivity contribution in [2.45, 2.75) is 26.3 Å². The molecule has 2 rings (SSSR count). The van der Waals surface area contributed by atoms with Crippen LogP contribution in [0.3, 0.4) is 0 Å². The first-order chi connectivity index (χ1) is 8.25. The Kier molecular flexibility index (Phi) is 3.70. The zero-order chi connectivity index (χ0) is 12.1. The summed E-state index contributed by atoms with van der Waals surface area (Å²) in [4.78, 5) is 8.33. The van der Waals surface area contributed by atoms with E-state index >= 15 is 0 Å². The third kappa shape index (κ3) is 3.28. The fraction of sp³-hybridized carbons (Fsp3) is 0.286. The van der Waals surface area contributed by atoms with Crippen LogP contribution < -0.4 is 5.32 Å². The second-order valence-corrected chi connectivity index (χ2v) is 4.38. The minimum absolute atomic E-state index is 0.502. The van der Waals surface area contributed by atoms with Crippen molar-refractivity contribution in [3.63, 3.8) is 0 Å². The number of hydrogen-bond donors (Lipinski definition) is 1. The fourth-order valence-electron chi connectivity index (χ4n) is 1.58. The fourth-order valence-corrected chi connectivity index (χ4v) is 1.58. The molecule has 2 aromatic rings. The molecule has 0 spiro atoms. The molecule has 0 radical (unpaired) electrons. The summed E-state index contributed by atoms with van der Waals surface area (Å²) in [5.41, 5.74) is 3.48. The van der Waals surface area contributed by atoms with Crippen LogP contribution in [0, 0.1) is 0 Å². The zero-order valence-electron chi connectivity index (χ0n) is 10.2. The molecule has 0 aromatic carbocycles. The van der Waals surface area contributed by atoms with Crippen LogP contribution in [0.15, 0.2) is 43.0 Å². The van der Waals surface area contributed by atoms with Gasteiger partial charge in [-0.3, -0.25) is 9.97 Å². The monoisotopic (exact) mass is 227 g/mol. The van der Waals surface area contributed by atoms with Gasteiger partial charge in [0.05, 0.1) is 5.69 Å². The van der Waals surface area contributed by atoms with Crippen molar-refractivity contribution < 1.29 is 0 Å². The van der Waals surface area contributed by atoms with E-state index in [1.54, 1.807) is 6.20 Å². The van der Waals surface area contributed by atoms with Gasteiger partial charge >= 0.3 is 0 Å². The van der Waals surface area contributed by atoms with Crippen molar-refractivity contribution >= 4 is 5.69 Å². The topological polar surface area (TPSA) is 37.8 Å². The lowest BCUT2D eigenvalue weighted by Gasteiger charge is -2.09. The third-order valence-corrected chi connectivity index (χ3v) is 2.65. The van der Waals surface area contributed by atoms with E-state index in [1.807, 2.05) is 24.7 Å². The van der Waals surface area contributed by atoms with Crippen LogP contribution in [0.2, 0.25) is 0 Å². The lowest BCUT2D eigenvalue weighted by atomic mass is 10.1. The number of nitrogens with one attached hydrogen (secondary N) is 1. The molecule has 17 heavy (non-hydrogen) atoms. The van der Waals surface area contributed by atoms with E-state index in [4.69, 9.17) is 0 Å². The highest BCUT2D eigenvalue weighted by atomic mass is 14.9. The summed E-state index contributed by atoms with van der Waals surface area (Å²) in [6.45, 7) is 5.11. The summed E-state index contributed by atoms with van der Waals surface area (Å²) < 4.78 is 0. The van der Waals surface area contributed by atoms with Gasteiger partial charge in [0.15, 0.2) is 0 Å². The lowest BCUT2D eigenvalue weighted by Crippen LogP contribution is -2.01. The van der Waals surface area contributed by atoms with Crippen molar-refractivity contribution in [2.24, 2.45) is 0 Å². The van der Waals surface area contributed by atoms with Crippen LogP contribution in [0.25, 0.3) is 0 Å². The molecule has 0 aliphatic heterocycles. The number of hydrogen-bond acceptors (Lipinski definition) is 3. The zero-order valence-corrected chi connectivity index (χ0v) is 10.2. The van der Waals surface area contributed by atoms with E-state index < -0.39 is 0 Å². The average molecular weight is 227 g/mol. The number of anilines is 1. The second kappa shape index (κ2) is 5.43. The Morgan fingerprint density at radius 1 is 1.18 bits per heavy atom. The van der Waals surface area contributed by atoms with Gasteiger partial charge in [-0.15, -0.1) is 0 Å². The van der Waals surface area contributed by atoms with Crippen molar-refractivity contribution in [1.29, 1.82) is 0 Å². The van der Waals surface area contributed by atoms with Crippen LogP contribution in [-0.4, -0.2) is 9.97 Å². The Bertz CT molecular complexity index is 466. The van der Waals surface area contributed by atoms with Gasteiger partial charge in [0.1, 0.15) is 0 Å². The summed E-state index contributed by atoms with van der Waals surface area (Å²) in [5, 5.41) is 3.35. The van der Waals surface area contributed by atoms with Gasteiger partial charge in [0.25, 0.3) is 0 Å². The van der Waals surface area contributed by atoms with Gasteiger partial charge in [-0.25, -0.2) is 0 Å². The van der Waals surface area contributed by atoms with Crippen molar-refractivity contribution in [3.8, 4) is 0 Å². The molecule has 0 fully saturated rings. The van der Waals surface area contributed by atoms with Crippen LogP contribution in [-0.2, 0) is 6.54 Å². The standard InChI is InChI=1S/C14H17N3/c1-11(2)13-6-14(10-16-9-13)17-8-12-4-3-5-15-7-12/h3-7,9-11,17H,8H2,1-2H3. The molecule has 0 aliphatic rings. The summed E-state index contributed by atoms with van der Waals surface area (Å²) in [6.07, 6.45) is 7.42. The van der Waals surface area contributed by atoms with Crippen LogP contribution >= 0.6 is 0 Å². The van der Waals surface area contributed by atoms with Crippen molar-refractivity contribution in [2.75, 3.05) is 5.32 Å². The molecular formula is C14H17N3. The SMILES string of the molecule is CC(C)c1cncc(NCc2cccnc2)c1. The number of pyridine rings is 2. The van der Waals surface area contributed by atoms with Gasteiger partial charge < -0.3 is 5.32 Å². The molecular weight excluding hydrogens is 210 g/mol. The molecule has 0 amide bonds. The van der Waals surface area contributed by atoms with Crippen molar-refractivity contribution in [1.82, 2.24) is 9.97 Å². The first-order valence-electron chi connectivity index (χ1n) is 5.83. The highest BCUT2D eigenvalue weighted by Gasteiger charge is 2.01. The molecule has 0 atom stereocenters. The summed E-state index contributed by atoms with van der Waals surface area (Å²) in [6, 6.07) is 6.15. The quantitative estimate of drug-likeness (QED) is 0.871. The van der Waals surface area contributed by atoms with Crippen LogP contribution in [0.5, 0.6) is 0 Å². The molecule has 0 saturated carbocycles. The Balaban J connectivity index is 2.02. The molecule has 3 nitrogen and oxygen atoms in total. The molecule has 3 heteroatoms. The number of nitrogens with zero attached hydrogens (tertiary/aromatic N) is 2. The maximum Gasteiger partial charge on any atom is 0.0532 e. The van der Waals surface area contributed by atoms with E-state index in [-0.39, 0.29) is 0 Å². The van der Waals surface area contributed by atoms with Gasteiger partial charge in [-0.1, -0.05) is 19.9 Å². The van der Waals surface area contributed by atoms with E-state index in [2.05, 4.69) is 41.3 Å². The Hall–Kier alpha value is -1.90. The predicted octanol–water partition coefficient (Wildman–Crippen LogP) is 3.21. The Labute approximate surface area is 102 Å². The largest absolute Gasteiger partial charge is 0.380 e. The lowest BCUT2D eigenvalue weighted by molar-refractivity contribution is 0.858. The number of rotatable bonds is 4. The van der Waals surface area contributed by atoms with Gasteiger partial charge in [-0.2, -0.15) is 0 Å². The molecule has 88 valence electrons. The molecule has 1 N–H and O–H groups in total. The van der Waals surface area contributed by atoms with Gasteiger partial charge in [-0.05, 0) is 29.2 Å². The van der Waals surface area contributed by atoms with Crippen LogP contribution in [0.1, 0.15) is 30.9 Å². The summed E-state index contributed by atoms with van der Waals surface area (Å²) in [7, 11) is 0. The molecule has 0 unspecified atom stereocenters. The molecule has 0 bridgehead atoms. The van der Waals surface area contributed by atoms with Crippen molar-refractivity contribution in [3.05, 3.63) is 54.1 Å². The first-order valence-corrected chi connectivity index (χ1v) is 5.83. The highest BCUT2D eigenvalue weighted by Crippen LogP contribution is 2.17. The molecule has 2 aromatic heterocycles. The first kappa shape index (κ1) is 11.6. The van der Waals surface area contributed by atoms with E-state index in [9.17, 15) is 0 Å². The smallest absolute Gasteiger partial charge is 0.0532 e. The highest BCUT2D eigenvalue weighted by molar-refractivity contribution is 5.44. The molecule has 2 heterocycles. The minimum atomic E-state index is 0.502. The molecule has 0 saturated heterocycles. The van der Waals surface area contributed by atoms with Gasteiger partial charge in [0.2, 0.25) is 0 Å². The number of aromatic nitrogens is 2. The third-order valence-electron chi connectivity index (χ3n) is 2.65. The average Bonchev–Trinajstić information content (AvgIpc) is 2.38. The Morgan fingerprint density at radius 2 is 2.06 bits per heavy atom. The normalized spacial score (nSPS) is 10.5. The van der Waals surface area contributed by atoms with Crippen LogP contribution in [0.4, 0.5) is 5.69 Å². The Morgan fingerprint density at radius 3 is 2.76 bits per heavy atom. The van der Waals surface area contributed by atoms with E-state index in [0.717, 1.165) is 12.2 Å². The van der Waals surface area contributed by atoms with E-state index in [0.29, 0.717) is 5.92 Å². The van der Waals surface area contributed by atoms with Gasteiger partial charge in [0, 0.05) is 31.3 Å². The summed E-state index contributed by atoms with van der Waals surface area (Å²) >= 11 is 0. The second-order valence-electron chi connectivity index (χ2n) is 4.38. The minimum Gasteiger partial charge on any atom is -0.380 e. The summed E-state index contributed by atoms with van der Waals surface area (Å²) in [5.74, 6) is 0.502.